The van der Waals surface area contributed by atoms with Crippen molar-refractivity contribution >= 4 is 35.0 Å². The molecule has 2 fully saturated rings. The first-order valence-corrected chi connectivity index (χ1v) is 15.8. The second kappa shape index (κ2) is 13.8. The largest absolute Gasteiger partial charge is 0.481 e. The molecule has 0 radical (unpaired) electrons. The molecule has 2 N–H and O–H groups in total. The highest BCUT2D eigenvalue weighted by molar-refractivity contribution is 6.34. The molecule has 4 aromatic rings. The van der Waals surface area contributed by atoms with Crippen molar-refractivity contribution in [3.63, 3.8) is 0 Å². The average molecular weight is 701 g/mol. The summed E-state index contributed by atoms with van der Waals surface area (Å²) in [6.45, 7) is 3.26. The van der Waals surface area contributed by atoms with Crippen LogP contribution in [-0.4, -0.2) is 103 Å². The van der Waals surface area contributed by atoms with Crippen molar-refractivity contribution in [2.24, 2.45) is 13.0 Å². The van der Waals surface area contributed by atoms with E-state index >= 15 is 0 Å². The van der Waals surface area contributed by atoms with E-state index < -0.39 is 17.8 Å². The zero-order valence-electron chi connectivity index (χ0n) is 26.5. The highest BCUT2D eigenvalue weighted by Gasteiger charge is 2.39. The Balaban J connectivity index is 1.14. The predicted octanol–water partition coefficient (Wildman–Crippen LogP) is 3.28. The summed E-state index contributed by atoms with van der Waals surface area (Å²) < 4.78 is 49.4. The third-order valence-electron chi connectivity index (χ3n) is 8.55. The molecule has 0 spiro atoms. The fraction of sp³-hybridized carbons (Fsp3) is 0.387. The first-order chi connectivity index (χ1) is 23.4. The number of aromatic nitrogens is 6. The van der Waals surface area contributed by atoms with Gasteiger partial charge < -0.3 is 29.7 Å². The predicted molar refractivity (Wildman–Crippen MR) is 170 cm³/mol. The van der Waals surface area contributed by atoms with Crippen molar-refractivity contribution in [2.45, 2.75) is 19.0 Å². The van der Waals surface area contributed by atoms with Crippen LogP contribution in [0.3, 0.4) is 0 Å². The summed E-state index contributed by atoms with van der Waals surface area (Å²) >= 11 is 6.48. The average Bonchev–Trinajstić information content (AvgIpc) is 3.72. The number of rotatable bonds is 7. The zero-order chi connectivity index (χ0) is 34.9. The molecule has 0 unspecified atom stereocenters. The molecule has 49 heavy (non-hydrogen) atoms. The van der Waals surface area contributed by atoms with E-state index in [1.165, 1.54) is 43.0 Å². The molecule has 258 valence electrons. The number of piperazine rings is 1. The molecule has 0 bridgehead atoms. The number of nitrogens with zero attached hydrogens (tertiary/aromatic N) is 8. The summed E-state index contributed by atoms with van der Waals surface area (Å²) in [5.41, 5.74) is -1.09. The summed E-state index contributed by atoms with van der Waals surface area (Å²) in [6, 6.07) is 5.72. The quantitative estimate of drug-likeness (QED) is 0.296. The van der Waals surface area contributed by atoms with Gasteiger partial charge in [-0.05, 0) is 44.1 Å². The Hall–Kier alpha value is -5.03. The molecular weight excluding hydrogens is 669 g/mol. The SMILES string of the molecule is COc1cc(-n2cc(-c3cnc(C(=O)Nc4ccc(C(=O)N5CCN(C(=O)C6CCNCC6)CC5)c(Cl)c4)n3C)c(C(F)(F)F)n2)ncn1. The van der Waals surface area contributed by atoms with Gasteiger partial charge in [-0.3, -0.25) is 14.4 Å². The number of carbonyl (C=O) groups excluding carboxylic acids is 3. The van der Waals surface area contributed by atoms with E-state index in [1.807, 2.05) is 4.90 Å². The number of halogens is 4. The highest BCUT2D eigenvalue weighted by atomic mass is 35.5. The van der Waals surface area contributed by atoms with Gasteiger partial charge in [0.2, 0.25) is 11.8 Å². The Bertz CT molecular complexity index is 1880. The Kier molecular flexibility index (Phi) is 9.56. The Labute approximate surface area is 283 Å². The lowest BCUT2D eigenvalue weighted by atomic mass is 9.96. The van der Waals surface area contributed by atoms with Crippen LogP contribution in [0.4, 0.5) is 18.9 Å². The summed E-state index contributed by atoms with van der Waals surface area (Å²) in [6.07, 6.45) is 0.183. The standard InChI is InChI=1S/C31H32ClF3N10O4/c1-42-23(21-16-45(41-26(21)31(33,34)35)24-14-25(49-2)39-17-38-24)15-37-27(42)28(46)40-19-3-4-20(22(32)13-19)30(48)44-11-9-43(10-12-44)29(47)18-5-7-36-8-6-18/h3-4,13-18,36H,5-12H2,1-2H3,(H,40,46). The van der Waals surface area contributed by atoms with E-state index in [2.05, 4.69) is 30.7 Å². The van der Waals surface area contributed by atoms with Gasteiger partial charge in [0.25, 0.3) is 11.8 Å². The fourth-order valence-corrected chi connectivity index (χ4v) is 6.17. The van der Waals surface area contributed by atoms with Crippen molar-refractivity contribution in [1.82, 2.24) is 44.4 Å². The Morgan fingerprint density at radius 3 is 2.41 bits per heavy atom. The van der Waals surface area contributed by atoms with Crippen LogP contribution in [-0.2, 0) is 18.0 Å². The second-order valence-corrected chi connectivity index (χ2v) is 12.0. The molecule has 5 heterocycles. The van der Waals surface area contributed by atoms with E-state index in [4.69, 9.17) is 16.3 Å². The number of piperidine rings is 1. The molecule has 3 aromatic heterocycles. The van der Waals surface area contributed by atoms with Crippen molar-refractivity contribution < 1.29 is 32.3 Å². The van der Waals surface area contributed by atoms with Crippen LogP contribution in [0.1, 0.15) is 39.5 Å². The third-order valence-corrected chi connectivity index (χ3v) is 8.86. The molecular formula is C31H32ClF3N10O4. The van der Waals surface area contributed by atoms with Gasteiger partial charge in [0.15, 0.2) is 17.3 Å². The molecule has 18 heteroatoms. The number of methoxy groups -OCH3 is 1. The third kappa shape index (κ3) is 7.07. The molecule has 2 saturated heterocycles. The molecule has 0 aliphatic carbocycles. The number of amides is 3. The normalized spacial score (nSPS) is 15.7. The second-order valence-electron chi connectivity index (χ2n) is 11.6. The maximum atomic E-state index is 14.1. The van der Waals surface area contributed by atoms with E-state index in [0.717, 1.165) is 49.3 Å². The van der Waals surface area contributed by atoms with Gasteiger partial charge in [-0.1, -0.05) is 11.6 Å². The van der Waals surface area contributed by atoms with Gasteiger partial charge in [0, 0.05) is 57.1 Å². The number of hydrogen-bond acceptors (Lipinski definition) is 9. The van der Waals surface area contributed by atoms with E-state index in [0.29, 0.717) is 26.2 Å². The van der Waals surface area contributed by atoms with Crippen LogP contribution < -0.4 is 15.4 Å². The number of benzene rings is 1. The van der Waals surface area contributed by atoms with Crippen molar-refractivity contribution in [3.8, 4) is 23.0 Å². The number of hydrogen-bond donors (Lipinski definition) is 2. The van der Waals surface area contributed by atoms with Gasteiger partial charge in [-0.15, -0.1) is 0 Å². The number of anilines is 1. The summed E-state index contributed by atoms with van der Waals surface area (Å²) in [5, 5.41) is 9.69. The molecule has 2 aliphatic heterocycles. The summed E-state index contributed by atoms with van der Waals surface area (Å²) in [4.78, 5) is 54.7. The molecule has 0 atom stereocenters. The van der Waals surface area contributed by atoms with Crippen LogP contribution in [0.25, 0.3) is 17.1 Å². The fourth-order valence-electron chi connectivity index (χ4n) is 5.91. The minimum atomic E-state index is -4.84. The van der Waals surface area contributed by atoms with Crippen LogP contribution >= 0.6 is 11.6 Å². The molecule has 2 aliphatic rings. The van der Waals surface area contributed by atoms with E-state index in [9.17, 15) is 27.6 Å². The first kappa shape index (κ1) is 33.9. The maximum absolute atomic E-state index is 14.1. The van der Waals surface area contributed by atoms with Crippen LogP contribution in [0, 0.1) is 5.92 Å². The van der Waals surface area contributed by atoms with Gasteiger partial charge in [0.05, 0.1) is 35.2 Å². The lowest BCUT2D eigenvalue weighted by molar-refractivity contribution is -0.141. The topological polar surface area (TPSA) is 152 Å². The zero-order valence-corrected chi connectivity index (χ0v) is 27.3. The number of ether oxygens (including phenoxy) is 1. The Morgan fingerprint density at radius 2 is 1.73 bits per heavy atom. The molecule has 14 nitrogen and oxygen atoms in total. The van der Waals surface area contributed by atoms with Gasteiger partial charge in [-0.25, -0.2) is 19.6 Å². The Morgan fingerprint density at radius 1 is 1.02 bits per heavy atom. The lowest BCUT2D eigenvalue weighted by Gasteiger charge is -2.37. The van der Waals surface area contributed by atoms with Gasteiger partial charge >= 0.3 is 6.18 Å². The maximum Gasteiger partial charge on any atom is 0.435 e. The molecule has 0 saturated carbocycles. The van der Waals surface area contributed by atoms with Crippen molar-refractivity contribution in [2.75, 3.05) is 51.7 Å². The van der Waals surface area contributed by atoms with E-state index in [-0.39, 0.29) is 62.8 Å². The lowest BCUT2D eigenvalue weighted by Crippen LogP contribution is -2.52. The highest BCUT2D eigenvalue weighted by Crippen LogP contribution is 2.37. The summed E-state index contributed by atoms with van der Waals surface area (Å²) in [5.74, 6) is -0.904. The molecule has 1 aromatic carbocycles. The number of imidazole rings is 1. The van der Waals surface area contributed by atoms with Crippen LogP contribution in [0.2, 0.25) is 5.02 Å². The van der Waals surface area contributed by atoms with Gasteiger partial charge in [0.1, 0.15) is 6.33 Å². The number of nitrogens with one attached hydrogen (secondary N) is 2. The molecule has 3 amide bonds. The monoisotopic (exact) mass is 700 g/mol. The summed E-state index contributed by atoms with van der Waals surface area (Å²) in [7, 11) is 2.76. The van der Waals surface area contributed by atoms with Crippen LogP contribution in [0.15, 0.2) is 43.0 Å². The first-order valence-electron chi connectivity index (χ1n) is 15.4. The van der Waals surface area contributed by atoms with Crippen molar-refractivity contribution in [3.05, 3.63) is 65.1 Å². The molecule has 6 rings (SSSR count). The van der Waals surface area contributed by atoms with Crippen LogP contribution in [0.5, 0.6) is 5.88 Å². The minimum Gasteiger partial charge on any atom is -0.481 e. The number of alkyl halides is 3. The van der Waals surface area contributed by atoms with E-state index in [1.54, 1.807) is 4.90 Å². The smallest absolute Gasteiger partial charge is 0.435 e. The van der Waals surface area contributed by atoms with Crippen molar-refractivity contribution in [1.29, 1.82) is 0 Å². The minimum absolute atomic E-state index is 0.00893. The van der Waals surface area contributed by atoms with Gasteiger partial charge in [-0.2, -0.15) is 18.3 Å². The number of carbonyl (C=O) groups is 3.